The van der Waals surface area contributed by atoms with Crippen molar-refractivity contribution in [1.82, 2.24) is 4.98 Å². The number of anilines is 1. The fraction of sp³-hybridized carbons (Fsp3) is 0.250. The Bertz CT molecular complexity index is 918. The molecule has 26 heavy (non-hydrogen) atoms. The third-order valence-electron chi connectivity index (χ3n) is 4.63. The number of phenolic OH excluding ortho intramolecular Hbond substituents is 1. The highest BCUT2D eigenvalue weighted by molar-refractivity contribution is 7.13. The molecule has 0 amide bonds. The highest BCUT2D eigenvalue weighted by atomic mass is 32.1. The molecule has 1 aliphatic heterocycles. The maximum Gasteiger partial charge on any atom is 0.194 e. The number of phenols is 1. The molecular weight excluding hydrogens is 351 g/mol. The molecule has 1 saturated heterocycles. The van der Waals surface area contributed by atoms with Crippen molar-refractivity contribution in [3.05, 3.63) is 47.6 Å². The molecule has 1 N–H and O–H groups in total. The molecule has 0 atom stereocenters. The maximum absolute atomic E-state index is 13.9. The first-order valence-corrected chi connectivity index (χ1v) is 9.41. The van der Waals surface area contributed by atoms with E-state index in [1.807, 2.05) is 5.38 Å². The largest absolute Gasteiger partial charge is 0.502 e. The molecule has 4 nitrogen and oxygen atoms in total. The van der Waals surface area contributed by atoms with Crippen LogP contribution in [0, 0.1) is 5.82 Å². The van der Waals surface area contributed by atoms with Crippen LogP contribution in [0.2, 0.25) is 0 Å². The summed E-state index contributed by atoms with van der Waals surface area (Å²) in [6.07, 6.45) is 2.51. The zero-order valence-electron chi connectivity index (χ0n) is 14.4. The zero-order valence-corrected chi connectivity index (χ0v) is 15.2. The van der Waals surface area contributed by atoms with Gasteiger partial charge >= 0.3 is 0 Å². The number of nitrogens with zero attached hydrogens (tertiary/aromatic N) is 2. The third-order valence-corrected chi connectivity index (χ3v) is 5.53. The Hall–Kier alpha value is -2.60. The Morgan fingerprint density at radius 2 is 1.85 bits per heavy atom. The maximum atomic E-state index is 13.9. The van der Waals surface area contributed by atoms with E-state index in [0.29, 0.717) is 11.3 Å². The van der Waals surface area contributed by atoms with Gasteiger partial charge in [0.1, 0.15) is 5.01 Å². The lowest BCUT2D eigenvalue weighted by Gasteiger charge is -2.17. The normalized spacial score (nSPS) is 14.0. The summed E-state index contributed by atoms with van der Waals surface area (Å²) in [6.45, 7) is 2.24. The number of aromatic hydroxyl groups is 1. The number of methoxy groups -OCH3 is 1. The highest BCUT2D eigenvalue weighted by Crippen LogP contribution is 2.36. The molecule has 0 bridgehead atoms. The van der Waals surface area contributed by atoms with Crippen LogP contribution in [0.3, 0.4) is 0 Å². The van der Waals surface area contributed by atoms with Crippen LogP contribution in [-0.4, -0.2) is 30.3 Å². The lowest BCUT2D eigenvalue weighted by atomic mass is 10.1. The van der Waals surface area contributed by atoms with Crippen LogP contribution in [0.15, 0.2) is 41.8 Å². The molecule has 0 radical (unpaired) electrons. The Morgan fingerprint density at radius 3 is 2.54 bits per heavy atom. The van der Waals surface area contributed by atoms with Crippen LogP contribution in [0.4, 0.5) is 10.1 Å². The summed E-state index contributed by atoms with van der Waals surface area (Å²) in [5.41, 5.74) is 3.52. The number of halogens is 1. The zero-order chi connectivity index (χ0) is 18.1. The second-order valence-electron chi connectivity index (χ2n) is 6.29. The minimum Gasteiger partial charge on any atom is -0.502 e. The fourth-order valence-corrected chi connectivity index (χ4v) is 4.04. The first kappa shape index (κ1) is 16.8. The molecule has 0 saturated carbocycles. The number of benzene rings is 2. The first-order chi connectivity index (χ1) is 12.7. The van der Waals surface area contributed by atoms with Crippen molar-refractivity contribution in [2.24, 2.45) is 0 Å². The van der Waals surface area contributed by atoms with Crippen molar-refractivity contribution in [3.63, 3.8) is 0 Å². The van der Waals surface area contributed by atoms with E-state index >= 15 is 0 Å². The van der Waals surface area contributed by atoms with Crippen LogP contribution in [0.25, 0.3) is 21.8 Å². The van der Waals surface area contributed by atoms with Gasteiger partial charge in [0.2, 0.25) is 0 Å². The molecule has 0 aliphatic carbocycles. The van der Waals surface area contributed by atoms with E-state index in [1.54, 1.807) is 6.07 Å². The Balaban J connectivity index is 1.61. The number of thiazole rings is 1. The van der Waals surface area contributed by atoms with E-state index in [-0.39, 0.29) is 5.75 Å². The minimum absolute atomic E-state index is 0.101. The van der Waals surface area contributed by atoms with Crippen molar-refractivity contribution in [1.29, 1.82) is 0 Å². The van der Waals surface area contributed by atoms with Crippen LogP contribution in [0.5, 0.6) is 11.5 Å². The predicted molar refractivity (Wildman–Crippen MR) is 103 cm³/mol. The van der Waals surface area contributed by atoms with E-state index in [9.17, 15) is 9.50 Å². The van der Waals surface area contributed by atoms with E-state index < -0.39 is 11.6 Å². The average molecular weight is 370 g/mol. The molecule has 2 aromatic carbocycles. The summed E-state index contributed by atoms with van der Waals surface area (Å²) in [4.78, 5) is 7.02. The predicted octanol–water partition coefficient (Wildman–Crippen LogP) is 4.93. The summed E-state index contributed by atoms with van der Waals surface area (Å²) in [5.74, 6) is -1.10. The molecule has 0 unspecified atom stereocenters. The van der Waals surface area contributed by atoms with Crippen LogP contribution in [-0.2, 0) is 0 Å². The van der Waals surface area contributed by atoms with Gasteiger partial charge in [-0.2, -0.15) is 0 Å². The summed E-state index contributed by atoms with van der Waals surface area (Å²) < 4.78 is 18.9. The average Bonchev–Trinajstić information content (AvgIpc) is 3.36. The summed E-state index contributed by atoms with van der Waals surface area (Å²) in [7, 11) is 1.40. The Labute approximate surface area is 155 Å². The fourth-order valence-electron chi connectivity index (χ4n) is 3.21. The van der Waals surface area contributed by atoms with E-state index in [2.05, 4.69) is 34.1 Å². The molecule has 6 heteroatoms. The molecular formula is C20H19FN2O2S. The van der Waals surface area contributed by atoms with Gasteiger partial charge in [-0.3, -0.25) is 0 Å². The third kappa shape index (κ3) is 3.12. The van der Waals surface area contributed by atoms with Gasteiger partial charge < -0.3 is 14.7 Å². The number of hydrogen-bond donors (Lipinski definition) is 1. The van der Waals surface area contributed by atoms with Crippen molar-refractivity contribution < 1.29 is 14.2 Å². The topological polar surface area (TPSA) is 45.6 Å². The van der Waals surface area contributed by atoms with Gasteiger partial charge in [-0.05, 0) is 49.2 Å². The van der Waals surface area contributed by atoms with E-state index in [0.717, 1.165) is 23.7 Å². The van der Waals surface area contributed by atoms with Crippen molar-refractivity contribution in [2.75, 3.05) is 25.1 Å². The second kappa shape index (κ2) is 6.96. The van der Waals surface area contributed by atoms with Gasteiger partial charge in [0, 0.05) is 35.3 Å². The van der Waals surface area contributed by atoms with Crippen molar-refractivity contribution in [3.8, 4) is 33.3 Å². The summed E-state index contributed by atoms with van der Waals surface area (Å²) in [6, 6.07) is 11.3. The number of ether oxygens (including phenoxy) is 1. The van der Waals surface area contributed by atoms with Crippen molar-refractivity contribution in [2.45, 2.75) is 12.8 Å². The van der Waals surface area contributed by atoms with Gasteiger partial charge in [-0.1, -0.05) is 0 Å². The molecule has 4 rings (SSSR count). The molecule has 1 fully saturated rings. The van der Waals surface area contributed by atoms with Gasteiger partial charge in [0.25, 0.3) is 0 Å². The van der Waals surface area contributed by atoms with Crippen LogP contribution in [0.1, 0.15) is 12.8 Å². The van der Waals surface area contributed by atoms with Gasteiger partial charge in [-0.25, -0.2) is 9.37 Å². The number of rotatable bonds is 4. The molecule has 3 aromatic rings. The highest BCUT2D eigenvalue weighted by Gasteiger charge is 2.15. The standard InChI is InChI=1S/C20H19FN2O2S/c1-25-18-11-14(10-16(21)19(18)24)17-12-26-20(22-17)13-4-6-15(7-5-13)23-8-2-3-9-23/h4-7,10-12,24H,2-3,8-9H2,1H3. The molecule has 1 aromatic heterocycles. The lowest BCUT2D eigenvalue weighted by molar-refractivity contribution is 0.357. The second-order valence-corrected chi connectivity index (χ2v) is 7.15. The van der Waals surface area contributed by atoms with Gasteiger partial charge in [-0.15, -0.1) is 11.3 Å². The van der Waals surface area contributed by atoms with Gasteiger partial charge in [0.15, 0.2) is 17.3 Å². The molecule has 0 spiro atoms. The number of aromatic nitrogens is 1. The first-order valence-electron chi connectivity index (χ1n) is 8.53. The van der Waals surface area contributed by atoms with Crippen molar-refractivity contribution >= 4 is 17.0 Å². The van der Waals surface area contributed by atoms with Crippen LogP contribution < -0.4 is 9.64 Å². The van der Waals surface area contributed by atoms with Crippen LogP contribution >= 0.6 is 11.3 Å². The van der Waals surface area contributed by atoms with E-state index in [4.69, 9.17) is 4.74 Å². The Kier molecular flexibility index (Phi) is 4.51. The van der Waals surface area contributed by atoms with Gasteiger partial charge in [0.05, 0.1) is 12.8 Å². The smallest absolute Gasteiger partial charge is 0.194 e. The number of hydrogen-bond acceptors (Lipinski definition) is 5. The summed E-state index contributed by atoms with van der Waals surface area (Å²) in [5, 5.41) is 12.4. The molecule has 1 aliphatic rings. The Morgan fingerprint density at radius 1 is 1.12 bits per heavy atom. The molecule has 134 valence electrons. The quantitative estimate of drug-likeness (QED) is 0.707. The minimum atomic E-state index is -0.719. The molecule has 2 heterocycles. The lowest BCUT2D eigenvalue weighted by Crippen LogP contribution is -2.17. The van der Waals surface area contributed by atoms with E-state index in [1.165, 1.54) is 43.0 Å². The monoisotopic (exact) mass is 370 g/mol. The SMILES string of the molecule is COc1cc(-c2csc(-c3ccc(N4CCCC4)cc3)n2)cc(F)c1O. The summed E-state index contributed by atoms with van der Waals surface area (Å²) >= 11 is 1.51.